The van der Waals surface area contributed by atoms with Crippen LogP contribution in [-0.4, -0.2) is 19.1 Å². The Kier molecular flexibility index (Phi) is 3.38. The maximum Gasteiger partial charge on any atom is 0.248 e. The first-order valence-electron chi connectivity index (χ1n) is 5.46. The van der Waals surface area contributed by atoms with Crippen LogP contribution in [0.25, 0.3) is 0 Å². The van der Waals surface area contributed by atoms with Gasteiger partial charge in [-0.2, -0.15) is 0 Å². The summed E-state index contributed by atoms with van der Waals surface area (Å²) in [5, 5.41) is 0. The number of halogens is 2. The third-order valence-corrected chi connectivity index (χ3v) is 3.00. The molecule has 1 saturated heterocycles. The highest BCUT2D eigenvalue weighted by atomic mass is 19.2. The van der Waals surface area contributed by atoms with E-state index >= 15 is 0 Å². The van der Waals surface area contributed by atoms with Crippen LogP contribution in [0.4, 0.5) is 8.78 Å². The second-order valence-electron chi connectivity index (χ2n) is 4.11. The lowest BCUT2D eigenvalue weighted by Crippen LogP contribution is -2.18. The van der Waals surface area contributed by atoms with Gasteiger partial charge < -0.3 is 10.5 Å². The average molecular weight is 241 g/mol. The predicted molar refractivity (Wildman–Crippen MR) is 57.7 cm³/mol. The quantitative estimate of drug-likeness (QED) is 0.860. The molecule has 0 saturated carbocycles. The van der Waals surface area contributed by atoms with Gasteiger partial charge in [0.2, 0.25) is 5.91 Å². The van der Waals surface area contributed by atoms with Crippen LogP contribution < -0.4 is 5.73 Å². The highest BCUT2D eigenvalue weighted by molar-refractivity contribution is 5.93. The number of benzene rings is 1. The third kappa shape index (κ3) is 2.44. The van der Waals surface area contributed by atoms with E-state index in [0.717, 1.165) is 6.07 Å². The number of rotatable bonds is 2. The first kappa shape index (κ1) is 12.0. The standard InChI is InChI=1S/C12H13F2NO2/c13-10-6-8(12(15)16)5-9(11(10)14)7-1-3-17-4-2-7/h5-7H,1-4H2,(H2,15,16). The molecule has 1 aromatic carbocycles. The number of hydrogen-bond acceptors (Lipinski definition) is 2. The van der Waals surface area contributed by atoms with Crippen molar-refractivity contribution in [3.05, 3.63) is 34.9 Å². The summed E-state index contributed by atoms with van der Waals surface area (Å²) in [6.07, 6.45) is 1.25. The van der Waals surface area contributed by atoms with E-state index in [1.807, 2.05) is 0 Å². The van der Waals surface area contributed by atoms with Gasteiger partial charge in [-0.15, -0.1) is 0 Å². The van der Waals surface area contributed by atoms with E-state index in [1.165, 1.54) is 6.07 Å². The van der Waals surface area contributed by atoms with Gasteiger partial charge in [-0.3, -0.25) is 4.79 Å². The highest BCUT2D eigenvalue weighted by Crippen LogP contribution is 2.30. The molecule has 0 spiro atoms. The van der Waals surface area contributed by atoms with Crippen LogP contribution in [0.15, 0.2) is 12.1 Å². The van der Waals surface area contributed by atoms with Gasteiger partial charge in [-0.25, -0.2) is 8.78 Å². The molecule has 17 heavy (non-hydrogen) atoms. The lowest BCUT2D eigenvalue weighted by atomic mass is 9.90. The second kappa shape index (κ2) is 4.79. The minimum Gasteiger partial charge on any atom is -0.381 e. The fourth-order valence-electron chi connectivity index (χ4n) is 2.06. The molecule has 0 radical (unpaired) electrons. The van der Waals surface area contributed by atoms with E-state index in [-0.39, 0.29) is 17.0 Å². The lowest BCUT2D eigenvalue weighted by Gasteiger charge is -2.23. The molecule has 0 bridgehead atoms. The van der Waals surface area contributed by atoms with E-state index in [1.54, 1.807) is 0 Å². The molecule has 0 atom stereocenters. The molecule has 1 fully saturated rings. The van der Waals surface area contributed by atoms with Crippen molar-refractivity contribution in [3.8, 4) is 0 Å². The van der Waals surface area contributed by atoms with Gasteiger partial charge in [0.1, 0.15) is 0 Å². The second-order valence-corrected chi connectivity index (χ2v) is 4.11. The number of ether oxygens (including phenoxy) is 1. The Morgan fingerprint density at radius 1 is 1.29 bits per heavy atom. The van der Waals surface area contributed by atoms with Crippen molar-refractivity contribution in [2.24, 2.45) is 5.73 Å². The van der Waals surface area contributed by atoms with Crippen LogP contribution in [0.2, 0.25) is 0 Å². The largest absolute Gasteiger partial charge is 0.381 e. The molecular formula is C12H13F2NO2. The van der Waals surface area contributed by atoms with E-state index in [9.17, 15) is 13.6 Å². The predicted octanol–water partition coefficient (Wildman–Crippen LogP) is 1.96. The summed E-state index contributed by atoms with van der Waals surface area (Å²) >= 11 is 0. The van der Waals surface area contributed by atoms with Gasteiger partial charge in [0, 0.05) is 18.8 Å². The number of amides is 1. The van der Waals surface area contributed by atoms with Gasteiger partial charge in [0.05, 0.1) is 0 Å². The van der Waals surface area contributed by atoms with Crippen molar-refractivity contribution in [1.82, 2.24) is 0 Å². The summed E-state index contributed by atoms with van der Waals surface area (Å²) in [5.41, 5.74) is 5.31. The van der Waals surface area contributed by atoms with Gasteiger partial charge in [0.25, 0.3) is 0 Å². The third-order valence-electron chi connectivity index (χ3n) is 3.00. The number of primary amides is 1. The maximum absolute atomic E-state index is 13.7. The molecule has 2 N–H and O–H groups in total. The zero-order valence-corrected chi connectivity index (χ0v) is 9.21. The fraction of sp³-hybridized carbons (Fsp3) is 0.417. The molecule has 0 unspecified atom stereocenters. The number of hydrogen-bond donors (Lipinski definition) is 1. The Labute approximate surface area is 97.6 Å². The summed E-state index contributed by atoms with van der Waals surface area (Å²) in [4.78, 5) is 11.0. The topological polar surface area (TPSA) is 52.3 Å². The van der Waals surface area contributed by atoms with Crippen molar-refractivity contribution >= 4 is 5.91 Å². The number of carbonyl (C=O) groups is 1. The minimum atomic E-state index is -1.03. The van der Waals surface area contributed by atoms with Crippen LogP contribution in [0, 0.1) is 11.6 Å². The molecule has 3 nitrogen and oxygen atoms in total. The first-order chi connectivity index (χ1) is 8.09. The van der Waals surface area contributed by atoms with Crippen molar-refractivity contribution in [2.45, 2.75) is 18.8 Å². The van der Waals surface area contributed by atoms with Crippen LogP contribution in [-0.2, 0) is 4.74 Å². The molecule has 1 aliphatic rings. The Balaban J connectivity index is 2.40. The maximum atomic E-state index is 13.7. The Hall–Kier alpha value is -1.49. The zero-order chi connectivity index (χ0) is 12.4. The van der Waals surface area contributed by atoms with Crippen molar-refractivity contribution < 1.29 is 18.3 Å². The number of carbonyl (C=O) groups excluding carboxylic acids is 1. The smallest absolute Gasteiger partial charge is 0.248 e. The molecule has 92 valence electrons. The molecular weight excluding hydrogens is 228 g/mol. The molecule has 0 aromatic heterocycles. The normalized spacial score (nSPS) is 17.1. The van der Waals surface area contributed by atoms with Crippen LogP contribution in [0.5, 0.6) is 0 Å². The van der Waals surface area contributed by atoms with Crippen molar-refractivity contribution in [2.75, 3.05) is 13.2 Å². The summed E-state index contributed by atoms with van der Waals surface area (Å²) in [5.74, 6) is -2.78. The zero-order valence-electron chi connectivity index (χ0n) is 9.21. The average Bonchev–Trinajstić information content (AvgIpc) is 2.33. The van der Waals surface area contributed by atoms with E-state index in [2.05, 4.69) is 0 Å². The molecule has 1 amide bonds. The molecule has 5 heteroatoms. The first-order valence-corrected chi connectivity index (χ1v) is 5.46. The van der Waals surface area contributed by atoms with Crippen LogP contribution in [0.1, 0.15) is 34.7 Å². The highest BCUT2D eigenvalue weighted by Gasteiger charge is 2.22. The molecule has 2 rings (SSSR count). The van der Waals surface area contributed by atoms with Crippen LogP contribution >= 0.6 is 0 Å². The fourth-order valence-corrected chi connectivity index (χ4v) is 2.06. The summed E-state index contributed by atoms with van der Waals surface area (Å²) in [7, 11) is 0. The minimum absolute atomic E-state index is 0.00499. The Bertz CT molecular complexity index is 442. The monoisotopic (exact) mass is 241 g/mol. The van der Waals surface area contributed by atoms with Gasteiger partial charge >= 0.3 is 0 Å². The SMILES string of the molecule is NC(=O)c1cc(F)c(F)c(C2CCOCC2)c1. The lowest BCUT2D eigenvalue weighted by molar-refractivity contribution is 0.0844. The summed E-state index contributed by atoms with van der Waals surface area (Å²) in [6, 6.07) is 2.18. The summed E-state index contributed by atoms with van der Waals surface area (Å²) < 4.78 is 32.2. The van der Waals surface area contributed by atoms with E-state index in [0.29, 0.717) is 26.1 Å². The number of nitrogens with two attached hydrogens (primary N) is 1. The van der Waals surface area contributed by atoms with Crippen LogP contribution in [0.3, 0.4) is 0 Å². The molecule has 1 aromatic rings. The van der Waals surface area contributed by atoms with Gasteiger partial charge in [-0.05, 0) is 36.5 Å². The Morgan fingerprint density at radius 2 is 1.94 bits per heavy atom. The van der Waals surface area contributed by atoms with E-state index in [4.69, 9.17) is 10.5 Å². The Morgan fingerprint density at radius 3 is 2.53 bits per heavy atom. The molecule has 0 aliphatic carbocycles. The molecule has 1 heterocycles. The van der Waals surface area contributed by atoms with Crippen molar-refractivity contribution in [3.63, 3.8) is 0 Å². The summed E-state index contributed by atoms with van der Waals surface area (Å²) in [6.45, 7) is 1.04. The van der Waals surface area contributed by atoms with Gasteiger partial charge in [-0.1, -0.05) is 0 Å². The van der Waals surface area contributed by atoms with E-state index < -0.39 is 17.5 Å². The van der Waals surface area contributed by atoms with Crippen molar-refractivity contribution in [1.29, 1.82) is 0 Å². The molecule has 1 aliphatic heterocycles. The van der Waals surface area contributed by atoms with Gasteiger partial charge in [0.15, 0.2) is 11.6 Å².